The molecule has 3 N–H and O–H groups in total. The lowest BCUT2D eigenvalue weighted by atomic mass is 9.58. The molecule has 0 bridgehead atoms. The van der Waals surface area contributed by atoms with E-state index < -0.39 is 11.1 Å². The maximum absolute atomic E-state index is 13.7. The third-order valence-corrected chi connectivity index (χ3v) is 9.77. The number of hydrazine groups is 1. The van der Waals surface area contributed by atoms with Crippen molar-refractivity contribution in [3.63, 3.8) is 0 Å². The Morgan fingerprint density at radius 1 is 0.889 bits per heavy atom. The van der Waals surface area contributed by atoms with Gasteiger partial charge in [-0.05, 0) is 60.6 Å². The van der Waals surface area contributed by atoms with Crippen molar-refractivity contribution in [2.24, 2.45) is 16.8 Å². The van der Waals surface area contributed by atoms with Gasteiger partial charge in [-0.3, -0.25) is 14.5 Å². The second-order valence-corrected chi connectivity index (χ2v) is 12.6. The number of hydrogen-bond donors (Lipinski definition) is 2. The van der Waals surface area contributed by atoms with Gasteiger partial charge in [-0.1, -0.05) is 73.7 Å². The summed E-state index contributed by atoms with van der Waals surface area (Å²) in [5.74, 6) is 7.35. The molecule has 45 heavy (non-hydrogen) atoms. The number of aromatic nitrogens is 1. The zero-order valence-corrected chi connectivity index (χ0v) is 25.0. The highest BCUT2D eigenvalue weighted by Crippen LogP contribution is 2.61. The molecular formula is C37H33N5O3. The van der Waals surface area contributed by atoms with Gasteiger partial charge in [0, 0.05) is 35.7 Å². The highest BCUT2D eigenvalue weighted by atomic mass is 16.3. The smallest absolute Gasteiger partial charge is 0.262 e. The molecule has 0 spiro atoms. The van der Waals surface area contributed by atoms with E-state index in [0.29, 0.717) is 35.6 Å². The number of pyridine rings is 1. The van der Waals surface area contributed by atoms with Gasteiger partial charge in [0.1, 0.15) is 5.82 Å². The molecule has 2 aliphatic heterocycles. The first-order valence-electron chi connectivity index (χ1n) is 15.5. The van der Waals surface area contributed by atoms with Crippen LogP contribution in [-0.4, -0.2) is 38.6 Å². The summed E-state index contributed by atoms with van der Waals surface area (Å²) in [7, 11) is 0. The summed E-state index contributed by atoms with van der Waals surface area (Å²) in [5, 5.41) is 13.0. The first-order valence-corrected chi connectivity index (χ1v) is 15.5. The van der Waals surface area contributed by atoms with E-state index >= 15 is 0 Å². The van der Waals surface area contributed by atoms with E-state index in [0.717, 1.165) is 52.8 Å². The third-order valence-electron chi connectivity index (χ3n) is 9.77. The van der Waals surface area contributed by atoms with Crippen molar-refractivity contribution in [3.8, 4) is 22.4 Å². The number of benzene rings is 3. The lowest BCUT2D eigenvalue weighted by molar-refractivity contribution is -0.143. The summed E-state index contributed by atoms with van der Waals surface area (Å²) in [5.41, 5.74) is 4.23. The number of nitrogens with zero attached hydrogens (tertiary/aromatic N) is 4. The number of amides is 2. The number of hydrogen-bond acceptors (Lipinski definition) is 7. The van der Waals surface area contributed by atoms with E-state index in [9.17, 15) is 14.7 Å². The van der Waals surface area contributed by atoms with Crippen LogP contribution in [0.3, 0.4) is 0 Å². The van der Waals surface area contributed by atoms with Crippen molar-refractivity contribution in [3.05, 3.63) is 119 Å². The Morgan fingerprint density at radius 2 is 1.53 bits per heavy atom. The summed E-state index contributed by atoms with van der Waals surface area (Å²) >= 11 is 0. The molecule has 8 rings (SSSR count). The number of rotatable bonds is 6. The summed E-state index contributed by atoms with van der Waals surface area (Å²) in [6, 6.07) is 27.0. The molecule has 2 fully saturated rings. The highest BCUT2D eigenvalue weighted by Gasteiger charge is 2.66. The molecule has 0 radical (unpaired) electrons. The van der Waals surface area contributed by atoms with Gasteiger partial charge in [0.2, 0.25) is 0 Å². The normalized spacial score (nSPS) is 24.6. The summed E-state index contributed by atoms with van der Waals surface area (Å²) in [6.07, 6.45) is 7.15. The molecule has 4 aliphatic rings. The number of fused-ring (bicyclic) bond motifs is 2. The van der Waals surface area contributed by atoms with Crippen molar-refractivity contribution >= 4 is 23.8 Å². The Bertz CT molecular complexity index is 1890. The largest absolute Gasteiger partial charge is 0.389 e. The van der Waals surface area contributed by atoms with Crippen LogP contribution in [0.4, 0.5) is 5.82 Å². The van der Waals surface area contributed by atoms with Crippen LogP contribution in [0.5, 0.6) is 0 Å². The zero-order valence-electron chi connectivity index (χ0n) is 25.0. The molecule has 0 unspecified atom stereocenters. The van der Waals surface area contributed by atoms with Crippen LogP contribution < -0.4 is 10.9 Å². The lowest BCUT2D eigenvalue weighted by Gasteiger charge is -2.57. The first kappa shape index (κ1) is 27.6. The van der Waals surface area contributed by atoms with Gasteiger partial charge in [0.15, 0.2) is 5.82 Å². The predicted octanol–water partition coefficient (Wildman–Crippen LogP) is 6.21. The Hall–Kier alpha value is -4.92. The Balaban J connectivity index is 1.23. The monoisotopic (exact) mass is 595 g/mol. The van der Waals surface area contributed by atoms with Crippen LogP contribution in [0, 0.1) is 5.92 Å². The molecule has 4 aromatic rings. The number of carbonyl (C=O) groups is 2. The quantitative estimate of drug-likeness (QED) is 0.203. The van der Waals surface area contributed by atoms with Crippen LogP contribution in [0.1, 0.15) is 70.9 Å². The molecule has 3 aromatic carbocycles. The average molecular weight is 596 g/mol. The van der Waals surface area contributed by atoms with Gasteiger partial charge in [-0.2, -0.15) is 0 Å². The predicted molar refractivity (Wildman–Crippen MR) is 173 cm³/mol. The summed E-state index contributed by atoms with van der Waals surface area (Å²) in [4.78, 5) is 38.5. The average Bonchev–Trinajstić information content (AvgIpc) is 3.88. The fraction of sp³-hybridized carbons (Fsp3) is 0.243. The van der Waals surface area contributed by atoms with Crippen LogP contribution in [0.2, 0.25) is 0 Å². The van der Waals surface area contributed by atoms with Crippen LogP contribution in [-0.2, 0) is 5.54 Å². The Morgan fingerprint density at radius 3 is 2.16 bits per heavy atom. The van der Waals surface area contributed by atoms with Crippen molar-refractivity contribution in [1.82, 2.24) is 9.88 Å². The van der Waals surface area contributed by atoms with Crippen molar-refractivity contribution < 1.29 is 14.7 Å². The number of nitrogens with two attached hydrogens (primary N) is 1. The molecule has 8 heteroatoms. The van der Waals surface area contributed by atoms with Gasteiger partial charge in [0.25, 0.3) is 11.8 Å². The maximum atomic E-state index is 13.7. The SMILES string of the molecule is CC/C=C1/N=Cc2cc(-c3ccccc3)c(-c3ccc([C@]4(N5C(=O)c6ccccc6C5=O)C[C@@](O)(C5CC5)C4)cc3)nc2N1N. The second-order valence-electron chi connectivity index (χ2n) is 12.6. The van der Waals surface area contributed by atoms with Gasteiger partial charge in [-0.15, -0.1) is 0 Å². The maximum Gasteiger partial charge on any atom is 0.262 e. The first-order chi connectivity index (χ1) is 21.8. The summed E-state index contributed by atoms with van der Waals surface area (Å²) in [6.45, 7) is 2.03. The number of aliphatic hydroxyl groups is 1. The summed E-state index contributed by atoms with van der Waals surface area (Å²) < 4.78 is 0. The van der Waals surface area contributed by atoms with E-state index in [2.05, 4.69) is 11.1 Å². The van der Waals surface area contributed by atoms with Crippen molar-refractivity contribution in [1.29, 1.82) is 0 Å². The lowest BCUT2D eigenvalue weighted by Crippen LogP contribution is -2.65. The van der Waals surface area contributed by atoms with Gasteiger partial charge in [-0.25, -0.2) is 20.8 Å². The third kappa shape index (κ3) is 4.20. The van der Waals surface area contributed by atoms with E-state index in [1.54, 1.807) is 30.5 Å². The number of allylic oxidation sites excluding steroid dienone is 1. The van der Waals surface area contributed by atoms with E-state index in [-0.39, 0.29) is 17.7 Å². The molecule has 2 aliphatic carbocycles. The minimum Gasteiger partial charge on any atom is -0.389 e. The van der Waals surface area contributed by atoms with Gasteiger partial charge in [0.05, 0.1) is 28.0 Å². The minimum absolute atomic E-state index is 0.211. The highest BCUT2D eigenvalue weighted by molar-refractivity contribution is 6.22. The zero-order chi connectivity index (χ0) is 30.9. The molecule has 2 saturated carbocycles. The molecule has 0 atom stereocenters. The van der Waals surface area contributed by atoms with Crippen LogP contribution in [0.15, 0.2) is 102 Å². The molecule has 8 nitrogen and oxygen atoms in total. The standard InChI is InChI=1S/C37H33N5O3/c1-2-8-31-39-20-25-19-30(23-9-4-3-5-10-23)32(40-33(25)42(31)38)24-13-15-26(16-14-24)36(21-37(45,22-36)27-17-18-27)41-34(43)28-11-6-7-12-29(28)35(41)44/h3-16,19-20,27,45H,2,17-18,21-22,38H2,1H3/b31-8-/t36-,37-. The van der Waals surface area contributed by atoms with E-state index in [1.807, 2.05) is 67.6 Å². The molecule has 0 saturated heterocycles. The number of carbonyl (C=O) groups excluding carboxylic acids is 2. The van der Waals surface area contributed by atoms with E-state index in [4.69, 9.17) is 10.8 Å². The molecule has 3 heterocycles. The van der Waals surface area contributed by atoms with Crippen molar-refractivity contribution in [2.75, 3.05) is 5.01 Å². The van der Waals surface area contributed by atoms with Gasteiger partial charge >= 0.3 is 0 Å². The topological polar surface area (TPSA) is 112 Å². The fourth-order valence-corrected chi connectivity index (χ4v) is 7.38. The second kappa shape index (κ2) is 10.1. The van der Waals surface area contributed by atoms with Crippen molar-refractivity contribution in [2.45, 2.75) is 50.2 Å². The number of aliphatic imine (C=N–C) groups is 1. The van der Waals surface area contributed by atoms with E-state index in [1.165, 1.54) is 9.91 Å². The number of imide groups is 1. The molecular weight excluding hydrogens is 562 g/mol. The Labute approximate surface area is 261 Å². The van der Waals surface area contributed by atoms with Crippen LogP contribution >= 0.6 is 0 Å². The molecule has 1 aromatic heterocycles. The van der Waals surface area contributed by atoms with Gasteiger partial charge < -0.3 is 5.11 Å². The minimum atomic E-state index is -0.932. The molecule has 2 amide bonds. The Kier molecular flexibility index (Phi) is 6.17. The molecule has 224 valence electrons. The number of anilines is 1. The van der Waals surface area contributed by atoms with Crippen LogP contribution in [0.25, 0.3) is 22.4 Å². The fourth-order valence-electron chi connectivity index (χ4n) is 7.38.